The molecular weight excluding hydrogens is 159 g/mol. The molecule has 1 N–H and O–H groups in total. The molecule has 1 aliphatic carbocycles. The van der Waals surface area contributed by atoms with Gasteiger partial charge in [-0.25, -0.2) is 9.18 Å². The molecule has 0 saturated heterocycles. The van der Waals surface area contributed by atoms with Gasteiger partial charge in [-0.2, -0.15) is 0 Å². The highest BCUT2D eigenvalue weighted by molar-refractivity contribution is 5.72. The van der Waals surface area contributed by atoms with Crippen molar-refractivity contribution in [2.45, 2.75) is 38.8 Å². The van der Waals surface area contributed by atoms with E-state index in [9.17, 15) is 9.18 Å². The zero-order valence-corrected chi connectivity index (χ0v) is 7.29. The van der Waals surface area contributed by atoms with E-state index in [2.05, 4.69) is 0 Å². The van der Waals surface area contributed by atoms with Crippen LogP contribution in [0, 0.1) is 11.8 Å². The normalized spacial score (nSPS) is 23.8. The summed E-state index contributed by atoms with van der Waals surface area (Å²) in [6, 6.07) is 0. The molecule has 1 fully saturated rings. The third kappa shape index (κ3) is 1.96. The average Bonchev–Trinajstić information content (AvgIpc) is 2.53. The third-order valence-corrected chi connectivity index (χ3v) is 2.84. The minimum Gasteiger partial charge on any atom is -0.479 e. The smallest absolute Gasteiger partial charge is 0.338 e. The molecule has 0 amide bonds. The van der Waals surface area contributed by atoms with E-state index in [1.807, 2.05) is 0 Å². The largest absolute Gasteiger partial charge is 0.479 e. The molecule has 2 unspecified atom stereocenters. The van der Waals surface area contributed by atoms with Gasteiger partial charge in [-0.15, -0.1) is 0 Å². The number of carboxylic acids is 1. The summed E-state index contributed by atoms with van der Waals surface area (Å²) in [5.41, 5.74) is 0. The monoisotopic (exact) mass is 174 g/mol. The van der Waals surface area contributed by atoms with Gasteiger partial charge in [-0.1, -0.05) is 32.6 Å². The van der Waals surface area contributed by atoms with Crippen LogP contribution in [-0.4, -0.2) is 17.2 Å². The van der Waals surface area contributed by atoms with Crippen LogP contribution >= 0.6 is 0 Å². The lowest BCUT2D eigenvalue weighted by Crippen LogP contribution is -2.27. The maximum absolute atomic E-state index is 13.0. The molecule has 0 aromatic carbocycles. The average molecular weight is 174 g/mol. The molecule has 2 nitrogen and oxygen atoms in total. The number of rotatable bonds is 3. The summed E-state index contributed by atoms with van der Waals surface area (Å²) in [6.07, 6.45) is 2.57. The predicted octanol–water partition coefficient (Wildman–Crippen LogP) is 2.24. The Morgan fingerprint density at radius 2 is 2.00 bits per heavy atom. The SMILES string of the molecule is CC(C1CCCC1)C(F)C(=O)O. The Labute approximate surface area is 71.8 Å². The summed E-state index contributed by atoms with van der Waals surface area (Å²) in [7, 11) is 0. The van der Waals surface area contributed by atoms with Crippen molar-refractivity contribution in [3.8, 4) is 0 Å². The van der Waals surface area contributed by atoms with E-state index in [1.54, 1.807) is 6.92 Å². The first-order chi connectivity index (χ1) is 5.63. The molecule has 12 heavy (non-hydrogen) atoms. The maximum atomic E-state index is 13.0. The highest BCUT2D eigenvalue weighted by Gasteiger charge is 2.32. The summed E-state index contributed by atoms with van der Waals surface area (Å²) in [4.78, 5) is 10.3. The van der Waals surface area contributed by atoms with Crippen LogP contribution in [0.25, 0.3) is 0 Å². The summed E-state index contributed by atoms with van der Waals surface area (Å²) >= 11 is 0. The van der Waals surface area contributed by atoms with Crippen molar-refractivity contribution in [1.82, 2.24) is 0 Å². The Kier molecular flexibility index (Phi) is 3.06. The number of halogens is 1. The topological polar surface area (TPSA) is 37.3 Å². The van der Waals surface area contributed by atoms with E-state index >= 15 is 0 Å². The van der Waals surface area contributed by atoms with Crippen molar-refractivity contribution in [2.75, 3.05) is 0 Å². The van der Waals surface area contributed by atoms with E-state index in [4.69, 9.17) is 5.11 Å². The van der Waals surface area contributed by atoms with Crippen LogP contribution in [0.5, 0.6) is 0 Å². The highest BCUT2D eigenvalue weighted by atomic mass is 19.1. The fourth-order valence-corrected chi connectivity index (χ4v) is 1.95. The summed E-state index contributed by atoms with van der Waals surface area (Å²) < 4.78 is 13.0. The molecular formula is C9H15FO2. The molecule has 0 radical (unpaired) electrons. The van der Waals surface area contributed by atoms with Gasteiger partial charge < -0.3 is 5.11 Å². The van der Waals surface area contributed by atoms with Crippen LogP contribution in [0.4, 0.5) is 4.39 Å². The fourth-order valence-electron chi connectivity index (χ4n) is 1.95. The Bertz CT molecular complexity index is 164. The fraction of sp³-hybridized carbons (Fsp3) is 0.889. The Morgan fingerprint density at radius 1 is 1.50 bits per heavy atom. The van der Waals surface area contributed by atoms with E-state index < -0.39 is 12.1 Å². The molecule has 1 saturated carbocycles. The van der Waals surface area contributed by atoms with Crippen molar-refractivity contribution in [3.05, 3.63) is 0 Å². The maximum Gasteiger partial charge on any atom is 0.338 e. The molecule has 0 bridgehead atoms. The quantitative estimate of drug-likeness (QED) is 0.712. The molecule has 0 aromatic heterocycles. The van der Waals surface area contributed by atoms with Crippen LogP contribution in [0.2, 0.25) is 0 Å². The van der Waals surface area contributed by atoms with Gasteiger partial charge in [0.1, 0.15) is 0 Å². The first-order valence-corrected chi connectivity index (χ1v) is 4.50. The van der Waals surface area contributed by atoms with Crippen molar-refractivity contribution in [1.29, 1.82) is 0 Å². The second-order valence-electron chi connectivity index (χ2n) is 3.64. The van der Waals surface area contributed by atoms with E-state index in [0.29, 0.717) is 0 Å². The van der Waals surface area contributed by atoms with Crippen LogP contribution in [0.1, 0.15) is 32.6 Å². The zero-order valence-electron chi connectivity index (χ0n) is 7.29. The standard InChI is InChI=1S/C9H15FO2/c1-6(8(10)9(11)12)7-4-2-3-5-7/h6-8H,2-5H2,1H3,(H,11,12). The first kappa shape index (κ1) is 9.49. The Morgan fingerprint density at radius 3 is 2.42 bits per heavy atom. The van der Waals surface area contributed by atoms with E-state index in [-0.39, 0.29) is 11.8 Å². The number of carboxylic acid groups (broad SMARTS) is 1. The molecule has 1 aliphatic rings. The van der Waals surface area contributed by atoms with Crippen LogP contribution in [-0.2, 0) is 4.79 Å². The lowest BCUT2D eigenvalue weighted by molar-refractivity contribution is -0.145. The number of hydrogen-bond acceptors (Lipinski definition) is 1. The van der Waals surface area contributed by atoms with E-state index in [1.165, 1.54) is 0 Å². The van der Waals surface area contributed by atoms with Gasteiger partial charge >= 0.3 is 5.97 Å². The number of alkyl halides is 1. The third-order valence-electron chi connectivity index (χ3n) is 2.84. The first-order valence-electron chi connectivity index (χ1n) is 4.50. The van der Waals surface area contributed by atoms with Gasteiger partial charge in [0.15, 0.2) is 6.17 Å². The van der Waals surface area contributed by atoms with Crippen molar-refractivity contribution < 1.29 is 14.3 Å². The van der Waals surface area contributed by atoms with Crippen molar-refractivity contribution in [3.63, 3.8) is 0 Å². The molecule has 0 spiro atoms. The molecule has 0 aliphatic heterocycles. The second-order valence-corrected chi connectivity index (χ2v) is 3.64. The van der Waals surface area contributed by atoms with Gasteiger partial charge in [-0.3, -0.25) is 0 Å². The second kappa shape index (κ2) is 3.87. The number of aliphatic carboxylic acids is 1. The Balaban J connectivity index is 2.44. The number of hydrogen-bond donors (Lipinski definition) is 1. The van der Waals surface area contributed by atoms with Crippen LogP contribution < -0.4 is 0 Å². The molecule has 0 heterocycles. The zero-order chi connectivity index (χ0) is 9.14. The lowest BCUT2D eigenvalue weighted by atomic mass is 9.89. The Hall–Kier alpha value is -0.600. The predicted molar refractivity (Wildman–Crippen MR) is 43.7 cm³/mol. The van der Waals surface area contributed by atoms with Gasteiger partial charge in [0.2, 0.25) is 0 Å². The highest BCUT2D eigenvalue weighted by Crippen LogP contribution is 2.33. The molecule has 70 valence electrons. The van der Waals surface area contributed by atoms with Gasteiger partial charge in [0.05, 0.1) is 0 Å². The molecule has 2 atom stereocenters. The lowest BCUT2D eigenvalue weighted by Gasteiger charge is -2.19. The van der Waals surface area contributed by atoms with Gasteiger partial charge in [0.25, 0.3) is 0 Å². The van der Waals surface area contributed by atoms with Crippen molar-refractivity contribution in [2.24, 2.45) is 11.8 Å². The minimum atomic E-state index is -1.67. The summed E-state index contributed by atoms with van der Waals surface area (Å²) in [5, 5.41) is 8.44. The van der Waals surface area contributed by atoms with Gasteiger partial charge in [0, 0.05) is 5.92 Å². The van der Waals surface area contributed by atoms with Crippen molar-refractivity contribution >= 4 is 5.97 Å². The minimum absolute atomic E-state index is 0.288. The van der Waals surface area contributed by atoms with Gasteiger partial charge in [-0.05, 0) is 5.92 Å². The van der Waals surface area contributed by atoms with Crippen LogP contribution in [0.15, 0.2) is 0 Å². The number of carbonyl (C=O) groups is 1. The summed E-state index contributed by atoms with van der Waals surface area (Å²) in [6.45, 7) is 1.70. The molecule has 3 heteroatoms. The molecule has 1 rings (SSSR count). The molecule has 0 aromatic rings. The van der Waals surface area contributed by atoms with Crippen LogP contribution in [0.3, 0.4) is 0 Å². The summed E-state index contributed by atoms with van der Waals surface area (Å²) in [5.74, 6) is -1.34. The van der Waals surface area contributed by atoms with E-state index in [0.717, 1.165) is 25.7 Å².